The van der Waals surface area contributed by atoms with Crippen molar-refractivity contribution in [3.8, 4) is 51.8 Å². The van der Waals surface area contributed by atoms with Crippen LogP contribution in [0, 0.1) is 0 Å². The molecule has 0 aliphatic carbocycles. The van der Waals surface area contributed by atoms with E-state index in [2.05, 4.69) is 33.2 Å². The highest BCUT2D eigenvalue weighted by molar-refractivity contribution is 5.64. The van der Waals surface area contributed by atoms with Crippen molar-refractivity contribution in [3.05, 3.63) is 111 Å². The fraction of sp³-hybridized carbons (Fsp3) is 0. The highest BCUT2D eigenvalue weighted by Gasteiger charge is 2.17. The van der Waals surface area contributed by atoms with E-state index in [-0.39, 0.29) is 0 Å². The Morgan fingerprint density at radius 3 is 1.08 bits per heavy atom. The summed E-state index contributed by atoms with van der Waals surface area (Å²) >= 11 is 0. The number of benzene rings is 1. The minimum absolute atomic E-state index is 0.537. The normalized spacial score (nSPS) is 11.3. The van der Waals surface area contributed by atoms with E-state index < -0.39 is 0 Å². The van der Waals surface area contributed by atoms with E-state index in [9.17, 15) is 0 Å². The van der Waals surface area contributed by atoms with E-state index in [0.29, 0.717) is 17.7 Å². The van der Waals surface area contributed by atoms with Crippen LogP contribution in [0.3, 0.4) is 0 Å². The smallest absolute Gasteiger partial charge is 0.243 e. The molecule has 1 aromatic carbocycles. The maximum absolute atomic E-state index is 5.60. The van der Waals surface area contributed by atoms with Crippen LogP contribution in [-0.4, -0.2) is 28.7 Å². The molecular formula is C27H18N6O3. The molecule has 7 rings (SSSR count). The Bertz CT molecular complexity index is 1520. The minimum Gasteiger partial charge on any atom is -0.443 e. The molecule has 0 radical (unpaired) electrons. The summed E-state index contributed by atoms with van der Waals surface area (Å²) in [7, 11) is 0. The zero-order valence-corrected chi connectivity index (χ0v) is 18.8. The molecule has 0 atom stereocenters. The lowest BCUT2D eigenvalue weighted by Gasteiger charge is -2.16. The summed E-state index contributed by atoms with van der Waals surface area (Å²) in [5.74, 6) is 1.61. The van der Waals surface area contributed by atoms with Gasteiger partial charge in [-0.3, -0.25) is 0 Å². The van der Waals surface area contributed by atoms with Crippen molar-refractivity contribution in [2.24, 2.45) is 0 Å². The zero-order valence-electron chi connectivity index (χ0n) is 18.8. The summed E-state index contributed by atoms with van der Waals surface area (Å²) < 4.78 is 22.9. The van der Waals surface area contributed by atoms with Crippen LogP contribution in [0.5, 0.6) is 0 Å². The van der Waals surface area contributed by atoms with Gasteiger partial charge in [0.2, 0.25) is 17.7 Å². The average molecular weight is 474 g/mol. The molecule has 0 amide bonds. The molecule has 0 aliphatic heterocycles. The quantitative estimate of drug-likeness (QED) is 0.292. The highest BCUT2D eigenvalue weighted by atomic mass is 16.3. The second-order valence-corrected chi connectivity index (χ2v) is 8.01. The Kier molecular flexibility index (Phi) is 4.56. The molecule has 0 N–H and O–H groups in total. The summed E-state index contributed by atoms with van der Waals surface area (Å²) in [5, 5.41) is 0. The second kappa shape index (κ2) is 8.17. The third kappa shape index (κ3) is 3.30. The molecule has 0 saturated carbocycles. The summed E-state index contributed by atoms with van der Waals surface area (Å²) in [5.41, 5.74) is 5.26. The van der Waals surface area contributed by atoms with Crippen LogP contribution >= 0.6 is 0 Å². The van der Waals surface area contributed by atoms with Crippen LogP contribution in [0.15, 0.2) is 124 Å². The van der Waals surface area contributed by atoms with Crippen molar-refractivity contribution >= 4 is 0 Å². The number of rotatable bonds is 6. The topological polar surface area (TPSA) is 92.9 Å². The first-order valence-electron chi connectivity index (χ1n) is 11.2. The molecule has 0 aliphatic rings. The summed E-state index contributed by atoms with van der Waals surface area (Å²) in [6.45, 7) is 0. The molecule has 174 valence electrons. The molecule has 0 saturated heterocycles. The number of nitrogens with zero attached hydrogens (tertiary/aromatic N) is 6. The van der Waals surface area contributed by atoms with Gasteiger partial charge in [0, 0.05) is 35.7 Å². The Balaban J connectivity index is 1.45. The van der Waals surface area contributed by atoms with Gasteiger partial charge in [0.1, 0.15) is 35.9 Å². The van der Waals surface area contributed by atoms with Gasteiger partial charge in [-0.15, -0.1) is 0 Å². The van der Waals surface area contributed by atoms with Gasteiger partial charge in [-0.05, 0) is 54.6 Å². The zero-order chi connectivity index (χ0) is 23.9. The van der Waals surface area contributed by atoms with Gasteiger partial charge in [-0.2, -0.15) is 0 Å². The molecule has 9 heteroatoms. The lowest BCUT2D eigenvalue weighted by atomic mass is 10.2. The lowest BCUT2D eigenvalue weighted by molar-refractivity contribution is 0.570. The summed E-state index contributed by atoms with van der Waals surface area (Å²) in [6, 6.07) is 18.1. The van der Waals surface area contributed by atoms with Crippen molar-refractivity contribution in [1.82, 2.24) is 28.7 Å². The number of aromatic nitrogens is 6. The summed E-state index contributed by atoms with van der Waals surface area (Å²) in [6.07, 6.45) is 15.6. The SMILES string of the molecule is c1cc(-c2ncco2)n(-c2cc(-n3cccc3-c3ncco3)cc(-n3cccc3-c3ncco3)c2)c1. The van der Waals surface area contributed by atoms with Crippen molar-refractivity contribution in [1.29, 1.82) is 0 Å². The van der Waals surface area contributed by atoms with Crippen LogP contribution in [0.25, 0.3) is 51.8 Å². The Morgan fingerprint density at radius 1 is 0.472 bits per heavy atom. The third-order valence-corrected chi connectivity index (χ3v) is 5.92. The Labute approximate surface area is 204 Å². The predicted molar refractivity (Wildman–Crippen MR) is 131 cm³/mol. The van der Waals surface area contributed by atoms with Gasteiger partial charge in [-0.25, -0.2) is 15.0 Å². The maximum atomic E-state index is 5.60. The standard InChI is InChI=1S/C27H18N6O3/c1-4-22(25-28-7-13-34-25)31(10-1)19-16-20(32-11-2-5-23(32)26-29-8-14-35-26)18-21(17-19)33-12-3-6-24(33)27-30-9-15-36-27/h1-18H. The van der Waals surface area contributed by atoms with Gasteiger partial charge in [0.25, 0.3) is 0 Å². The van der Waals surface area contributed by atoms with E-state index in [1.54, 1.807) is 37.4 Å². The van der Waals surface area contributed by atoms with Crippen LogP contribution < -0.4 is 0 Å². The van der Waals surface area contributed by atoms with Gasteiger partial charge in [0.05, 0.1) is 18.6 Å². The van der Waals surface area contributed by atoms with Crippen molar-refractivity contribution < 1.29 is 13.3 Å². The van der Waals surface area contributed by atoms with Gasteiger partial charge >= 0.3 is 0 Å². The maximum Gasteiger partial charge on any atom is 0.243 e. The largest absolute Gasteiger partial charge is 0.443 e. The predicted octanol–water partition coefficient (Wildman–Crippen LogP) is 6.02. The molecule has 0 fully saturated rings. The molecule has 0 spiro atoms. The van der Waals surface area contributed by atoms with Crippen LogP contribution in [0.4, 0.5) is 0 Å². The molecule has 36 heavy (non-hydrogen) atoms. The number of hydrogen-bond acceptors (Lipinski definition) is 6. The first-order chi connectivity index (χ1) is 17.8. The summed E-state index contributed by atoms with van der Waals surface area (Å²) in [4.78, 5) is 13.0. The molecule has 0 bridgehead atoms. The van der Waals surface area contributed by atoms with Crippen LogP contribution in [0.1, 0.15) is 0 Å². The molecular weight excluding hydrogens is 456 g/mol. The Morgan fingerprint density at radius 2 is 0.806 bits per heavy atom. The van der Waals surface area contributed by atoms with Crippen LogP contribution in [-0.2, 0) is 0 Å². The van der Waals surface area contributed by atoms with Crippen molar-refractivity contribution in [2.75, 3.05) is 0 Å². The van der Waals surface area contributed by atoms with Gasteiger partial charge in [-0.1, -0.05) is 0 Å². The first-order valence-corrected chi connectivity index (χ1v) is 11.2. The van der Waals surface area contributed by atoms with E-state index in [0.717, 1.165) is 34.1 Å². The lowest BCUT2D eigenvalue weighted by Crippen LogP contribution is -2.04. The number of hydrogen-bond donors (Lipinski definition) is 0. The fourth-order valence-corrected chi connectivity index (χ4v) is 4.39. The number of oxazole rings is 3. The van der Waals surface area contributed by atoms with E-state index in [1.807, 2.05) is 68.7 Å². The first kappa shape index (κ1) is 20.1. The van der Waals surface area contributed by atoms with Crippen molar-refractivity contribution in [3.63, 3.8) is 0 Å². The molecule has 7 aromatic rings. The van der Waals surface area contributed by atoms with E-state index in [1.165, 1.54) is 0 Å². The monoisotopic (exact) mass is 474 g/mol. The average Bonchev–Trinajstić information content (AvgIpc) is 3.76. The van der Waals surface area contributed by atoms with Crippen LogP contribution in [0.2, 0.25) is 0 Å². The van der Waals surface area contributed by atoms with E-state index >= 15 is 0 Å². The van der Waals surface area contributed by atoms with E-state index in [4.69, 9.17) is 13.3 Å². The molecule has 9 nitrogen and oxygen atoms in total. The molecule has 6 aromatic heterocycles. The van der Waals surface area contributed by atoms with Crippen molar-refractivity contribution in [2.45, 2.75) is 0 Å². The van der Waals surface area contributed by atoms with Gasteiger partial charge < -0.3 is 27.0 Å². The fourth-order valence-electron chi connectivity index (χ4n) is 4.39. The second-order valence-electron chi connectivity index (χ2n) is 8.01. The molecule has 0 unspecified atom stereocenters. The van der Waals surface area contributed by atoms with Gasteiger partial charge in [0.15, 0.2) is 0 Å². The molecule has 6 heterocycles. The highest BCUT2D eigenvalue weighted by Crippen LogP contribution is 2.31. The third-order valence-electron chi connectivity index (χ3n) is 5.92. The Hall–Kier alpha value is -5.31. The minimum atomic E-state index is 0.537.